The fourth-order valence-electron chi connectivity index (χ4n) is 6.17. The lowest BCUT2D eigenvalue weighted by molar-refractivity contribution is -0.134. The quantitative estimate of drug-likeness (QED) is 0.203. The van der Waals surface area contributed by atoms with Gasteiger partial charge in [0.15, 0.2) is 5.82 Å². The Morgan fingerprint density at radius 1 is 0.820 bits per heavy atom. The summed E-state index contributed by atoms with van der Waals surface area (Å²) in [5, 5.41) is 2.98. The van der Waals surface area contributed by atoms with E-state index >= 15 is 0 Å². The molecule has 2 heterocycles. The van der Waals surface area contributed by atoms with Crippen molar-refractivity contribution in [3.8, 4) is 23.0 Å². The van der Waals surface area contributed by atoms with E-state index in [1.807, 2.05) is 84.9 Å². The molecule has 1 saturated heterocycles. The third-order valence-corrected chi connectivity index (χ3v) is 8.89. The Hall–Kier alpha value is -5.45. The lowest BCUT2D eigenvalue weighted by atomic mass is 10.0. The van der Waals surface area contributed by atoms with Crippen LogP contribution in [-0.2, 0) is 22.6 Å². The second kappa shape index (κ2) is 16.8. The standard InChI is InChI=1S/C39H43N5O6/c1-2-48-39(47)44-23-21-43(22-24-44)38(46)34(25-28-17-19-31(20-18-28)49-27-29-11-5-3-6-12-29)41-37(45)33-26-35(50-32-15-9-10-16-32)42-36(40-33)30-13-7-4-8-14-30/h3-8,11-14,17-20,26,32,34H,2,9-10,15-16,21-25,27H2,1H3,(H,41,45). The number of hydrogen-bond donors (Lipinski definition) is 1. The van der Waals surface area contributed by atoms with Crippen molar-refractivity contribution >= 4 is 17.9 Å². The first kappa shape index (κ1) is 34.4. The molecule has 1 aliphatic heterocycles. The van der Waals surface area contributed by atoms with Gasteiger partial charge in [-0.3, -0.25) is 9.59 Å². The molecule has 1 unspecified atom stereocenters. The molecule has 1 atom stereocenters. The summed E-state index contributed by atoms with van der Waals surface area (Å²) in [6, 6.07) is 27.5. The maximum atomic E-state index is 14.1. The van der Waals surface area contributed by atoms with E-state index in [1.54, 1.807) is 22.8 Å². The van der Waals surface area contributed by atoms with Gasteiger partial charge in [-0.05, 0) is 55.9 Å². The van der Waals surface area contributed by atoms with Crippen LogP contribution in [0.4, 0.5) is 4.79 Å². The van der Waals surface area contributed by atoms with Gasteiger partial charge in [0.2, 0.25) is 11.8 Å². The molecule has 6 rings (SSSR count). The Kier molecular flexibility index (Phi) is 11.5. The number of ether oxygens (including phenoxy) is 3. The second-order valence-corrected chi connectivity index (χ2v) is 12.5. The maximum Gasteiger partial charge on any atom is 0.409 e. The Morgan fingerprint density at radius 3 is 2.16 bits per heavy atom. The summed E-state index contributed by atoms with van der Waals surface area (Å²) < 4.78 is 17.3. The summed E-state index contributed by atoms with van der Waals surface area (Å²) in [5.74, 6) is 0.650. The third-order valence-electron chi connectivity index (χ3n) is 8.89. The summed E-state index contributed by atoms with van der Waals surface area (Å²) in [6.45, 7) is 3.80. The number of benzene rings is 3. The number of nitrogens with zero attached hydrogens (tertiary/aromatic N) is 4. The highest BCUT2D eigenvalue weighted by atomic mass is 16.6. The molecule has 1 aromatic heterocycles. The average Bonchev–Trinajstić information content (AvgIpc) is 3.68. The van der Waals surface area contributed by atoms with E-state index in [9.17, 15) is 14.4 Å². The van der Waals surface area contributed by atoms with Gasteiger partial charge < -0.3 is 29.3 Å². The fraction of sp³-hybridized carbons (Fsp3) is 0.359. The highest BCUT2D eigenvalue weighted by Gasteiger charge is 2.31. The first-order chi connectivity index (χ1) is 24.4. The molecular weight excluding hydrogens is 634 g/mol. The summed E-state index contributed by atoms with van der Waals surface area (Å²) in [5.41, 5.74) is 2.77. The van der Waals surface area contributed by atoms with E-state index < -0.39 is 18.0 Å². The Bertz CT molecular complexity index is 1720. The van der Waals surface area contributed by atoms with Crippen LogP contribution in [0.25, 0.3) is 11.4 Å². The normalized spacial score (nSPS) is 15.3. The van der Waals surface area contributed by atoms with Crippen molar-refractivity contribution in [3.05, 3.63) is 108 Å². The van der Waals surface area contributed by atoms with Gasteiger partial charge in [0.1, 0.15) is 30.2 Å². The van der Waals surface area contributed by atoms with Gasteiger partial charge >= 0.3 is 6.09 Å². The van der Waals surface area contributed by atoms with Gasteiger partial charge in [0.05, 0.1) is 6.61 Å². The first-order valence-electron chi connectivity index (χ1n) is 17.3. The van der Waals surface area contributed by atoms with E-state index in [0.717, 1.165) is 42.4 Å². The van der Waals surface area contributed by atoms with E-state index in [2.05, 4.69) is 15.3 Å². The zero-order chi connectivity index (χ0) is 34.7. The molecule has 11 nitrogen and oxygen atoms in total. The van der Waals surface area contributed by atoms with Gasteiger partial charge in [0, 0.05) is 44.2 Å². The third kappa shape index (κ3) is 9.16. The van der Waals surface area contributed by atoms with Crippen LogP contribution in [0.5, 0.6) is 11.6 Å². The van der Waals surface area contributed by atoms with Crippen molar-refractivity contribution in [1.29, 1.82) is 0 Å². The van der Waals surface area contributed by atoms with Crippen molar-refractivity contribution < 1.29 is 28.6 Å². The number of carbonyl (C=O) groups excluding carboxylic acids is 3. The van der Waals surface area contributed by atoms with E-state index in [0.29, 0.717) is 50.2 Å². The Morgan fingerprint density at radius 2 is 1.48 bits per heavy atom. The minimum absolute atomic E-state index is 0.0340. The molecule has 3 amide bonds. The molecule has 1 saturated carbocycles. The summed E-state index contributed by atoms with van der Waals surface area (Å²) >= 11 is 0. The average molecular weight is 678 g/mol. The van der Waals surface area contributed by atoms with Gasteiger partial charge in [-0.2, -0.15) is 4.98 Å². The number of nitrogens with one attached hydrogen (secondary N) is 1. The van der Waals surface area contributed by atoms with Gasteiger partial charge in [0.25, 0.3) is 5.91 Å². The molecule has 1 aliphatic carbocycles. The van der Waals surface area contributed by atoms with Crippen LogP contribution < -0.4 is 14.8 Å². The molecule has 0 bridgehead atoms. The highest BCUT2D eigenvalue weighted by Crippen LogP contribution is 2.26. The summed E-state index contributed by atoms with van der Waals surface area (Å²) in [7, 11) is 0. The molecule has 50 heavy (non-hydrogen) atoms. The zero-order valence-electron chi connectivity index (χ0n) is 28.3. The second-order valence-electron chi connectivity index (χ2n) is 12.5. The minimum atomic E-state index is -0.901. The molecule has 4 aromatic rings. The topological polar surface area (TPSA) is 123 Å². The van der Waals surface area contributed by atoms with Crippen LogP contribution in [0.2, 0.25) is 0 Å². The number of rotatable bonds is 12. The summed E-state index contributed by atoms with van der Waals surface area (Å²) in [6.07, 6.45) is 3.92. The van der Waals surface area contributed by atoms with E-state index in [4.69, 9.17) is 14.2 Å². The summed E-state index contributed by atoms with van der Waals surface area (Å²) in [4.78, 5) is 52.9. The van der Waals surface area contributed by atoms with E-state index in [-0.39, 0.29) is 30.7 Å². The molecule has 1 N–H and O–H groups in total. The van der Waals surface area contributed by atoms with Crippen LogP contribution >= 0.6 is 0 Å². The smallest absolute Gasteiger partial charge is 0.409 e. The lowest BCUT2D eigenvalue weighted by Crippen LogP contribution is -2.56. The Balaban J connectivity index is 1.21. The first-order valence-corrected chi connectivity index (χ1v) is 17.3. The zero-order valence-corrected chi connectivity index (χ0v) is 28.3. The van der Waals surface area contributed by atoms with Crippen LogP contribution in [0.1, 0.15) is 54.2 Å². The molecule has 0 radical (unpaired) electrons. The molecule has 0 spiro atoms. The van der Waals surface area contributed by atoms with Crippen LogP contribution in [-0.4, -0.2) is 82.6 Å². The fourth-order valence-corrected chi connectivity index (χ4v) is 6.17. The van der Waals surface area contributed by atoms with Crippen molar-refractivity contribution in [2.75, 3.05) is 32.8 Å². The molecule has 3 aromatic carbocycles. The number of piperazine rings is 1. The van der Waals surface area contributed by atoms with Crippen molar-refractivity contribution in [2.45, 2.75) is 57.8 Å². The number of hydrogen-bond acceptors (Lipinski definition) is 8. The van der Waals surface area contributed by atoms with E-state index in [1.165, 1.54) is 0 Å². The Labute approximate surface area is 292 Å². The van der Waals surface area contributed by atoms with Gasteiger partial charge in [-0.15, -0.1) is 0 Å². The van der Waals surface area contributed by atoms with Gasteiger partial charge in [-0.1, -0.05) is 72.8 Å². The molecular formula is C39H43N5O6. The maximum absolute atomic E-state index is 14.1. The van der Waals surface area contributed by atoms with Crippen LogP contribution in [0, 0.1) is 0 Å². The SMILES string of the molecule is CCOC(=O)N1CCN(C(=O)C(Cc2ccc(OCc3ccccc3)cc2)NC(=O)c2cc(OC3CCCC3)nc(-c3ccccc3)n2)CC1. The molecule has 2 fully saturated rings. The van der Waals surface area contributed by atoms with Crippen LogP contribution in [0.15, 0.2) is 91.0 Å². The number of aromatic nitrogens is 2. The van der Waals surface area contributed by atoms with Gasteiger partial charge in [-0.25, -0.2) is 9.78 Å². The molecule has 2 aliphatic rings. The van der Waals surface area contributed by atoms with Crippen molar-refractivity contribution in [2.24, 2.45) is 0 Å². The highest BCUT2D eigenvalue weighted by molar-refractivity contribution is 5.96. The largest absolute Gasteiger partial charge is 0.489 e. The van der Waals surface area contributed by atoms with Crippen molar-refractivity contribution in [1.82, 2.24) is 25.1 Å². The predicted molar refractivity (Wildman–Crippen MR) is 188 cm³/mol. The minimum Gasteiger partial charge on any atom is -0.489 e. The number of carbonyl (C=O) groups is 3. The monoisotopic (exact) mass is 677 g/mol. The lowest BCUT2D eigenvalue weighted by Gasteiger charge is -2.36. The molecule has 11 heteroatoms. The van der Waals surface area contributed by atoms with Crippen LogP contribution in [0.3, 0.4) is 0 Å². The van der Waals surface area contributed by atoms with Crippen molar-refractivity contribution in [3.63, 3.8) is 0 Å². The number of amides is 3. The molecule has 260 valence electrons. The predicted octanol–water partition coefficient (Wildman–Crippen LogP) is 5.69.